The third kappa shape index (κ3) is 11.5. The van der Waals surface area contributed by atoms with E-state index in [1.807, 2.05) is 53.7 Å². The van der Waals surface area contributed by atoms with E-state index in [2.05, 4.69) is 40.5 Å². The highest BCUT2D eigenvalue weighted by Gasteiger charge is 2.32. The van der Waals surface area contributed by atoms with Gasteiger partial charge in [-0.3, -0.25) is 44.1 Å². The molecule has 9 rings (SSSR count). The minimum atomic E-state index is -0.676. The molecule has 2 aliphatic heterocycles. The monoisotopic (exact) mass is 1070 g/mol. The maximum Gasteiger partial charge on any atom is 0.410 e. The van der Waals surface area contributed by atoms with Crippen LogP contribution in [0.25, 0.3) is 22.1 Å². The number of nitrogens with one attached hydrogen (secondary N) is 2. The lowest BCUT2D eigenvalue weighted by atomic mass is 9.95. The van der Waals surface area contributed by atoms with E-state index >= 15 is 0 Å². The zero-order chi connectivity index (χ0) is 55.6. The molecule has 0 radical (unpaired) electrons. The highest BCUT2D eigenvalue weighted by molar-refractivity contribution is 6.05. The van der Waals surface area contributed by atoms with Crippen molar-refractivity contribution >= 4 is 63.7 Å². The molecular formula is C53H67N17O8. The summed E-state index contributed by atoms with van der Waals surface area (Å²) in [5.41, 5.74) is 15.1. The molecule has 0 unspecified atom stereocenters. The minimum absolute atomic E-state index is 0.142. The highest BCUT2D eigenvalue weighted by Crippen LogP contribution is 2.34. The van der Waals surface area contributed by atoms with Crippen LogP contribution in [0.1, 0.15) is 125 Å². The quantitative estimate of drug-likeness (QED) is 0.0583. The first kappa shape index (κ1) is 54.2. The van der Waals surface area contributed by atoms with E-state index in [1.165, 1.54) is 19.2 Å². The third-order valence-electron chi connectivity index (χ3n) is 13.7. The van der Waals surface area contributed by atoms with Crippen LogP contribution in [0.4, 0.5) is 16.7 Å². The summed E-state index contributed by atoms with van der Waals surface area (Å²) in [6, 6.07) is 9.61. The largest absolute Gasteiger partial charge is 0.494 e. The first-order chi connectivity index (χ1) is 37.3. The van der Waals surface area contributed by atoms with Gasteiger partial charge in [-0.2, -0.15) is 10.2 Å². The Morgan fingerprint density at radius 3 is 1.78 bits per heavy atom. The van der Waals surface area contributed by atoms with Crippen LogP contribution in [0.3, 0.4) is 0 Å². The SMILES string of the molecule is CCn1nc(C)cc1C(=O)Nc1nc2cc(C(N)=O)cc(OC)c2n1C/C=C/Cn1c(NC(=O)c2cc(C)nn2CC)nc2cc(C(N)=O)cc(OCCCN3CCC(c4nnc5n4CCN(C(=O)OC(C)(C)C)C5)CC3)c21. The number of likely N-dealkylation sites (tertiary alicyclic amines) is 1. The number of nitrogens with two attached hydrogens (primary N) is 2. The average Bonchev–Trinajstić information content (AvgIpc) is 4.37. The van der Waals surface area contributed by atoms with E-state index in [0.717, 1.165) is 44.1 Å². The summed E-state index contributed by atoms with van der Waals surface area (Å²) in [6.07, 6.45) is 5.82. The molecule has 6 N–H and O–H groups in total. The van der Waals surface area contributed by atoms with Gasteiger partial charge in [0.25, 0.3) is 11.8 Å². The molecule has 78 heavy (non-hydrogen) atoms. The Morgan fingerprint density at radius 2 is 1.27 bits per heavy atom. The number of nitrogens with zero attached hydrogens (tertiary/aromatic N) is 13. The van der Waals surface area contributed by atoms with Gasteiger partial charge < -0.3 is 44.3 Å². The predicted octanol–water partition coefficient (Wildman–Crippen LogP) is 5.39. The van der Waals surface area contributed by atoms with Crippen LogP contribution in [0, 0.1) is 13.8 Å². The van der Waals surface area contributed by atoms with Gasteiger partial charge in [-0.15, -0.1) is 10.2 Å². The van der Waals surface area contributed by atoms with Crippen molar-refractivity contribution in [1.82, 2.24) is 63.2 Å². The number of ether oxygens (including phenoxy) is 3. The number of hydrogen-bond acceptors (Lipinski definition) is 15. The Hall–Kier alpha value is -8.61. The summed E-state index contributed by atoms with van der Waals surface area (Å²) < 4.78 is 26.8. The molecule has 412 valence electrons. The van der Waals surface area contributed by atoms with E-state index in [0.29, 0.717) is 102 Å². The van der Waals surface area contributed by atoms with Crippen molar-refractivity contribution in [1.29, 1.82) is 0 Å². The molecule has 0 saturated carbocycles. The molecule has 1 fully saturated rings. The van der Waals surface area contributed by atoms with Gasteiger partial charge in [-0.1, -0.05) is 12.2 Å². The summed E-state index contributed by atoms with van der Waals surface area (Å²) >= 11 is 0. The predicted molar refractivity (Wildman–Crippen MR) is 289 cm³/mol. The maximum absolute atomic E-state index is 14.0. The number of aryl methyl sites for hydroxylation is 4. The summed E-state index contributed by atoms with van der Waals surface area (Å²) in [6.45, 7) is 18.4. The number of methoxy groups -OCH3 is 1. The van der Waals surface area contributed by atoms with Crippen molar-refractivity contribution in [2.24, 2.45) is 11.5 Å². The molecule has 7 aromatic rings. The molecule has 0 bridgehead atoms. The summed E-state index contributed by atoms with van der Waals surface area (Å²) in [4.78, 5) is 79.4. The number of fused-ring (bicyclic) bond motifs is 3. The van der Waals surface area contributed by atoms with Gasteiger partial charge in [-0.05, 0) is 117 Å². The van der Waals surface area contributed by atoms with Gasteiger partial charge in [0.05, 0.1) is 42.7 Å². The van der Waals surface area contributed by atoms with Crippen LogP contribution in [0.5, 0.6) is 11.5 Å². The van der Waals surface area contributed by atoms with E-state index in [1.54, 1.807) is 54.6 Å². The second-order valence-electron chi connectivity index (χ2n) is 20.4. The molecule has 25 nitrogen and oxygen atoms in total. The van der Waals surface area contributed by atoms with Crippen molar-refractivity contribution in [3.8, 4) is 11.5 Å². The first-order valence-electron chi connectivity index (χ1n) is 26.2. The van der Waals surface area contributed by atoms with E-state index in [4.69, 9.17) is 35.6 Å². The maximum atomic E-state index is 14.0. The number of primary amides is 2. The Bertz CT molecular complexity index is 3460. The van der Waals surface area contributed by atoms with Gasteiger partial charge in [-0.25, -0.2) is 14.8 Å². The zero-order valence-electron chi connectivity index (χ0n) is 45.3. The number of anilines is 2. The second kappa shape index (κ2) is 22.5. The zero-order valence-corrected chi connectivity index (χ0v) is 45.3. The molecule has 0 aliphatic carbocycles. The number of aromatic nitrogens is 11. The lowest BCUT2D eigenvalue weighted by Gasteiger charge is -2.33. The van der Waals surface area contributed by atoms with Crippen LogP contribution < -0.4 is 31.6 Å². The molecule has 5 amide bonds. The number of hydrogen-bond donors (Lipinski definition) is 4. The number of imidazole rings is 2. The van der Waals surface area contributed by atoms with Crippen molar-refractivity contribution in [2.75, 3.05) is 50.5 Å². The number of carbonyl (C=O) groups is 5. The average molecular weight is 1070 g/mol. The number of allylic oxidation sites excluding steroid dienone is 2. The van der Waals surface area contributed by atoms with Gasteiger partial charge in [0, 0.05) is 62.9 Å². The second-order valence-corrected chi connectivity index (χ2v) is 20.4. The van der Waals surface area contributed by atoms with Crippen molar-refractivity contribution in [3.63, 3.8) is 0 Å². The standard InChI is InChI=1S/C53H67N17O8/c1-9-69-38(24-31(3)62-69)48(73)58-50-56-36-26-34(45(54)71)28-40(76-8)43(36)67(50)17-11-12-18-68-44-37(57-51(68)59-49(74)39-25-32(4)63-70(39)10-2)27-35(46(55)72)29-41(44)77-23-13-16-64-19-14-33(15-20-64)47-61-60-42-30-65(21-22-66(42)47)52(75)78-53(5,6)7/h11-12,24-29,33H,9-10,13-23,30H2,1-8H3,(H2,54,71)(H2,55,72)(H,56,58,73)(H,57,59,74)/b12-11+. The topological polar surface area (TPSA) is 298 Å². The third-order valence-corrected chi connectivity index (χ3v) is 13.7. The van der Waals surface area contributed by atoms with Crippen LogP contribution in [-0.2, 0) is 44.0 Å². The van der Waals surface area contributed by atoms with Crippen LogP contribution in [0.2, 0.25) is 0 Å². The normalized spacial score (nSPS) is 14.3. The Balaban J connectivity index is 0.949. The molecule has 7 heterocycles. The van der Waals surface area contributed by atoms with Gasteiger partial charge in [0.15, 0.2) is 5.82 Å². The molecule has 0 atom stereocenters. The number of rotatable bonds is 19. The lowest BCUT2D eigenvalue weighted by molar-refractivity contribution is 0.0193. The molecule has 5 aromatic heterocycles. The molecule has 1 saturated heterocycles. The number of piperidine rings is 1. The van der Waals surface area contributed by atoms with Crippen LogP contribution >= 0.6 is 0 Å². The van der Waals surface area contributed by atoms with Crippen molar-refractivity contribution < 1.29 is 38.2 Å². The fourth-order valence-electron chi connectivity index (χ4n) is 10.0. The number of carbonyl (C=O) groups excluding carboxylic acids is 5. The Labute approximate surface area is 449 Å². The lowest BCUT2D eigenvalue weighted by Crippen LogP contribution is -2.42. The number of benzene rings is 2. The van der Waals surface area contributed by atoms with Gasteiger partial charge in [0.2, 0.25) is 23.7 Å². The fraction of sp³-hybridized carbons (Fsp3) is 0.453. The highest BCUT2D eigenvalue weighted by atomic mass is 16.6. The smallest absolute Gasteiger partial charge is 0.410 e. The Kier molecular flexibility index (Phi) is 15.7. The molecule has 25 heteroatoms. The number of amides is 5. The van der Waals surface area contributed by atoms with Crippen molar-refractivity contribution in [2.45, 2.75) is 119 Å². The summed E-state index contributed by atoms with van der Waals surface area (Å²) in [5, 5.41) is 23.9. The molecule has 2 aliphatic rings. The van der Waals surface area contributed by atoms with Crippen LogP contribution in [0.15, 0.2) is 48.6 Å². The molecule has 0 spiro atoms. The molecular weight excluding hydrogens is 1000 g/mol. The molecule has 2 aromatic carbocycles. The summed E-state index contributed by atoms with van der Waals surface area (Å²) in [7, 11) is 1.46. The van der Waals surface area contributed by atoms with E-state index < -0.39 is 29.2 Å². The Morgan fingerprint density at radius 1 is 0.731 bits per heavy atom. The first-order valence-corrected chi connectivity index (χ1v) is 26.2. The minimum Gasteiger partial charge on any atom is -0.494 e. The van der Waals surface area contributed by atoms with E-state index in [9.17, 15) is 24.0 Å². The van der Waals surface area contributed by atoms with Gasteiger partial charge in [0.1, 0.15) is 45.3 Å². The van der Waals surface area contributed by atoms with Crippen LogP contribution in [-0.4, -0.2) is 138 Å². The van der Waals surface area contributed by atoms with E-state index in [-0.39, 0.29) is 48.1 Å². The van der Waals surface area contributed by atoms with Gasteiger partial charge >= 0.3 is 6.09 Å². The summed E-state index contributed by atoms with van der Waals surface area (Å²) in [5.74, 6) is 0.720. The van der Waals surface area contributed by atoms with Crippen molar-refractivity contribution in [3.05, 3.63) is 94.1 Å². The fourth-order valence-corrected chi connectivity index (χ4v) is 10.0.